The number of nitrogens with one attached hydrogen (secondary N) is 2. The summed E-state index contributed by atoms with van der Waals surface area (Å²) in [4.78, 5) is 31.4. The van der Waals surface area contributed by atoms with Crippen molar-refractivity contribution in [2.24, 2.45) is 7.05 Å². The Kier molecular flexibility index (Phi) is 5.69. The summed E-state index contributed by atoms with van der Waals surface area (Å²) in [7, 11) is 1.85. The number of nitrogens with zero attached hydrogens (tertiary/aromatic N) is 4. The number of urea groups is 1. The third kappa shape index (κ3) is 4.36. The number of hydrogen-bond acceptors (Lipinski definition) is 4. The van der Waals surface area contributed by atoms with Gasteiger partial charge in [-0.1, -0.05) is 19.3 Å². The molecule has 0 unspecified atom stereocenters. The van der Waals surface area contributed by atoms with E-state index in [1.807, 2.05) is 24.9 Å². The molecule has 0 spiro atoms. The van der Waals surface area contributed by atoms with Crippen LogP contribution >= 0.6 is 0 Å². The molecule has 2 fully saturated rings. The maximum atomic E-state index is 12.7. The molecule has 1 aliphatic carbocycles. The lowest BCUT2D eigenvalue weighted by atomic mass is 9.95. The van der Waals surface area contributed by atoms with Gasteiger partial charge in [-0.2, -0.15) is 5.10 Å². The van der Waals surface area contributed by atoms with E-state index >= 15 is 0 Å². The molecule has 156 valence electrons. The largest absolute Gasteiger partial charge is 0.349 e. The predicted molar refractivity (Wildman–Crippen MR) is 111 cm³/mol. The molecular weight excluding hydrogens is 368 g/mol. The second-order valence-corrected chi connectivity index (χ2v) is 8.32. The summed E-state index contributed by atoms with van der Waals surface area (Å²) in [6, 6.07) is 2.30. The summed E-state index contributed by atoms with van der Waals surface area (Å²) >= 11 is 0. The zero-order valence-corrected chi connectivity index (χ0v) is 17.3. The van der Waals surface area contributed by atoms with Crippen molar-refractivity contribution in [3.05, 3.63) is 23.5 Å². The number of amides is 3. The number of piperidine rings is 1. The van der Waals surface area contributed by atoms with Crippen molar-refractivity contribution in [2.45, 2.75) is 64.0 Å². The van der Waals surface area contributed by atoms with Crippen LogP contribution in [0.4, 0.5) is 4.79 Å². The van der Waals surface area contributed by atoms with Gasteiger partial charge in [-0.05, 0) is 38.7 Å². The van der Waals surface area contributed by atoms with Crippen LogP contribution < -0.4 is 10.6 Å². The van der Waals surface area contributed by atoms with E-state index in [0.717, 1.165) is 42.4 Å². The number of likely N-dealkylation sites (tertiary alicyclic amines) is 1. The van der Waals surface area contributed by atoms with Gasteiger partial charge in [0.2, 0.25) is 0 Å². The smallest absolute Gasteiger partial charge is 0.317 e. The van der Waals surface area contributed by atoms with E-state index < -0.39 is 0 Å². The molecule has 2 aromatic rings. The highest BCUT2D eigenvalue weighted by Crippen LogP contribution is 2.19. The normalized spacial score (nSPS) is 18.8. The SMILES string of the molecule is Cc1nn(C)c2ncc(C(=O)NC3CCN(C(=O)NC4CCCCC4)CC3)cc12. The van der Waals surface area contributed by atoms with Crippen LogP contribution in [0.15, 0.2) is 12.3 Å². The molecule has 1 aliphatic heterocycles. The fourth-order valence-electron chi connectivity index (χ4n) is 4.44. The van der Waals surface area contributed by atoms with Crippen LogP contribution in [0, 0.1) is 6.92 Å². The van der Waals surface area contributed by atoms with Crippen LogP contribution in [0.2, 0.25) is 0 Å². The Hall–Kier alpha value is -2.64. The molecule has 0 atom stereocenters. The first kappa shape index (κ1) is 19.7. The molecule has 3 amide bonds. The first-order chi connectivity index (χ1) is 14.0. The Morgan fingerprint density at radius 1 is 1.03 bits per heavy atom. The average Bonchev–Trinajstić information content (AvgIpc) is 3.02. The van der Waals surface area contributed by atoms with Gasteiger partial charge in [0.1, 0.15) is 0 Å². The Labute approximate surface area is 171 Å². The van der Waals surface area contributed by atoms with E-state index in [1.54, 1.807) is 10.9 Å². The van der Waals surface area contributed by atoms with E-state index in [9.17, 15) is 9.59 Å². The summed E-state index contributed by atoms with van der Waals surface area (Å²) < 4.78 is 1.72. The van der Waals surface area contributed by atoms with E-state index in [-0.39, 0.29) is 18.0 Å². The van der Waals surface area contributed by atoms with Gasteiger partial charge >= 0.3 is 6.03 Å². The Morgan fingerprint density at radius 3 is 2.45 bits per heavy atom. The lowest BCUT2D eigenvalue weighted by molar-refractivity contribution is 0.0917. The summed E-state index contributed by atoms with van der Waals surface area (Å²) in [5.41, 5.74) is 2.18. The number of aromatic nitrogens is 3. The third-order valence-corrected chi connectivity index (χ3v) is 6.18. The number of carbonyl (C=O) groups is 2. The maximum Gasteiger partial charge on any atom is 0.317 e. The summed E-state index contributed by atoms with van der Waals surface area (Å²) in [5, 5.41) is 11.5. The molecule has 0 aromatic carbocycles. The minimum absolute atomic E-state index is 0.0448. The number of hydrogen-bond donors (Lipinski definition) is 2. The van der Waals surface area contributed by atoms with E-state index in [0.29, 0.717) is 24.7 Å². The van der Waals surface area contributed by atoms with Gasteiger partial charge < -0.3 is 15.5 Å². The molecule has 2 aromatic heterocycles. The summed E-state index contributed by atoms with van der Waals surface area (Å²) in [6.07, 6.45) is 9.01. The number of pyridine rings is 1. The number of carbonyl (C=O) groups excluding carboxylic acids is 2. The highest BCUT2D eigenvalue weighted by Gasteiger charge is 2.26. The van der Waals surface area contributed by atoms with Crippen molar-refractivity contribution in [1.29, 1.82) is 0 Å². The van der Waals surface area contributed by atoms with Crippen LogP contribution in [0.1, 0.15) is 61.0 Å². The molecule has 8 heteroatoms. The van der Waals surface area contributed by atoms with Gasteiger partial charge in [0.05, 0.1) is 11.3 Å². The first-order valence-corrected chi connectivity index (χ1v) is 10.7. The first-order valence-electron chi connectivity index (χ1n) is 10.7. The number of fused-ring (bicyclic) bond motifs is 1. The van der Waals surface area contributed by atoms with Gasteiger partial charge in [0, 0.05) is 43.8 Å². The van der Waals surface area contributed by atoms with Crippen LogP contribution in [-0.2, 0) is 7.05 Å². The van der Waals surface area contributed by atoms with Crippen molar-refractivity contribution >= 4 is 23.0 Å². The maximum absolute atomic E-state index is 12.7. The van der Waals surface area contributed by atoms with Crippen LogP contribution in [0.3, 0.4) is 0 Å². The van der Waals surface area contributed by atoms with Crippen molar-refractivity contribution < 1.29 is 9.59 Å². The standard InChI is InChI=1S/C21H30N6O2/c1-14-18-12-15(13-22-19(18)26(2)25-14)20(28)23-17-8-10-27(11-9-17)21(29)24-16-6-4-3-5-7-16/h12-13,16-17H,3-11H2,1-2H3,(H,23,28)(H,24,29). The predicted octanol–water partition coefficient (Wildman–Crippen LogP) is 2.51. The Balaban J connectivity index is 1.29. The molecule has 1 saturated heterocycles. The van der Waals surface area contributed by atoms with Gasteiger partial charge in [0.25, 0.3) is 5.91 Å². The van der Waals surface area contributed by atoms with E-state index in [4.69, 9.17) is 0 Å². The summed E-state index contributed by atoms with van der Waals surface area (Å²) in [5.74, 6) is -0.118. The van der Waals surface area contributed by atoms with E-state index in [2.05, 4.69) is 20.7 Å². The molecule has 8 nitrogen and oxygen atoms in total. The highest BCUT2D eigenvalue weighted by molar-refractivity contribution is 5.97. The van der Waals surface area contributed by atoms with Gasteiger partial charge in [0.15, 0.2) is 5.65 Å². The van der Waals surface area contributed by atoms with Crippen LogP contribution in [0.25, 0.3) is 11.0 Å². The molecule has 3 heterocycles. The van der Waals surface area contributed by atoms with Crippen LogP contribution in [-0.4, -0.2) is 56.8 Å². The molecule has 29 heavy (non-hydrogen) atoms. The molecule has 4 rings (SSSR count). The van der Waals surface area contributed by atoms with Crippen molar-refractivity contribution in [3.8, 4) is 0 Å². The number of aryl methyl sites for hydroxylation is 2. The molecule has 1 saturated carbocycles. The van der Waals surface area contributed by atoms with Crippen molar-refractivity contribution in [2.75, 3.05) is 13.1 Å². The zero-order chi connectivity index (χ0) is 20.4. The van der Waals surface area contributed by atoms with Crippen LogP contribution in [0.5, 0.6) is 0 Å². The third-order valence-electron chi connectivity index (χ3n) is 6.18. The molecular formula is C21H30N6O2. The highest BCUT2D eigenvalue weighted by atomic mass is 16.2. The van der Waals surface area contributed by atoms with E-state index in [1.165, 1.54) is 19.3 Å². The topological polar surface area (TPSA) is 92.2 Å². The van der Waals surface area contributed by atoms with Gasteiger partial charge in [-0.25, -0.2) is 9.78 Å². The second kappa shape index (κ2) is 8.39. The van der Waals surface area contributed by atoms with Crippen molar-refractivity contribution in [3.63, 3.8) is 0 Å². The molecule has 0 bridgehead atoms. The second-order valence-electron chi connectivity index (χ2n) is 8.32. The zero-order valence-electron chi connectivity index (χ0n) is 17.3. The van der Waals surface area contributed by atoms with Gasteiger partial charge in [-0.3, -0.25) is 9.48 Å². The quantitative estimate of drug-likeness (QED) is 0.831. The fourth-order valence-corrected chi connectivity index (χ4v) is 4.44. The Morgan fingerprint density at radius 2 is 1.72 bits per heavy atom. The minimum atomic E-state index is -0.118. The molecule has 2 N–H and O–H groups in total. The van der Waals surface area contributed by atoms with Gasteiger partial charge in [-0.15, -0.1) is 0 Å². The monoisotopic (exact) mass is 398 g/mol. The lowest BCUT2D eigenvalue weighted by Crippen LogP contribution is -2.51. The van der Waals surface area contributed by atoms with Crippen molar-refractivity contribution in [1.82, 2.24) is 30.3 Å². The minimum Gasteiger partial charge on any atom is -0.349 e. The summed E-state index contributed by atoms with van der Waals surface area (Å²) in [6.45, 7) is 3.25. The molecule has 2 aliphatic rings. The fraction of sp³-hybridized carbons (Fsp3) is 0.619. The average molecular weight is 399 g/mol. The Bertz CT molecular complexity index is 894. The number of rotatable bonds is 3. The molecule has 0 radical (unpaired) electrons. The lowest BCUT2D eigenvalue weighted by Gasteiger charge is -2.34.